The van der Waals surface area contributed by atoms with Gasteiger partial charge in [0.05, 0.1) is 17.7 Å². The lowest BCUT2D eigenvalue weighted by Crippen LogP contribution is -2.51. The SMILES string of the molecule is CCCNC(=O)[C@H](C)N(Cc1cccc(Br)c1)C(=O)CN(c1ccccc1OC)S(=O)(=O)c1ccc(C)cc1. The first kappa shape index (κ1) is 30.2. The van der Waals surface area contributed by atoms with E-state index in [9.17, 15) is 18.0 Å². The number of ether oxygens (including phenoxy) is 1. The van der Waals surface area contributed by atoms with E-state index in [1.807, 2.05) is 38.1 Å². The predicted octanol–water partition coefficient (Wildman–Crippen LogP) is 4.90. The Labute approximate surface area is 239 Å². The molecule has 0 bridgehead atoms. The Bertz CT molecular complexity index is 1400. The number of nitrogens with zero attached hydrogens (tertiary/aromatic N) is 2. The number of rotatable bonds is 12. The van der Waals surface area contributed by atoms with Crippen molar-refractivity contribution in [1.82, 2.24) is 10.2 Å². The second-order valence-corrected chi connectivity index (χ2v) is 11.9. The number of carbonyl (C=O) groups excluding carboxylic acids is 2. The van der Waals surface area contributed by atoms with Gasteiger partial charge in [-0.05, 0) is 62.2 Å². The zero-order valence-electron chi connectivity index (χ0n) is 22.6. The second-order valence-electron chi connectivity index (χ2n) is 9.12. The Balaban J connectivity index is 2.06. The van der Waals surface area contributed by atoms with Crippen LogP contribution in [0.15, 0.2) is 82.2 Å². The van der Waals surface area contributed by atoms with E-state index in [1.54, 1.807) is 43.3 Å². The van der Waals surface area contributed by atoms with Crippen molar-refractivity contribution in [3.8, 4) is 5.75 Å². The van der Waals surface area contributed by atoms with Gasteiger partial charge in [-0.2, -0.15) is 0 Å². The second kappa shape index (κ2) is 13.6. The first-order valence-electron chi connectivity index (χ1n) is 12.6. The number of hydrogen-bond donors (Lipinski definition) is 1. The summed E-state index contributed by atoms with van der Waals surface area (Å²) in [5.41, 5.74) is 1.92. The quantitative estimate of drug-likeness (QED) is 0.312. The minimum absolute atomic E-state index is 0.0408. The Morgan fingerprint density at radius 2 is 1.72 bits per heavy atom. The van der Waals surface area contributed by atoms with E-state index < -0.39 is 28.5 Å². The van der Waals surface area contributed by atoms with Crippen LogP contribution in [-0.4, -0.2) is 51.4 Å². The maximum absolute atomic E-state index is 14.0. The molecule has 0 fully saturated rings. The molecule has 0 heterocycles. The minimum Gasteiger partial charge on any atom is -0.495 e. The number of halogens is 1. The number of benzene rings is 3. The monoisotopic (exact) mass is 615 g/mol. The van der Waals surface area contributed by atoms with Gasteiger partial charge in [-0.15, -0.1) is 0 Å². The lowest BCUT2D eigenvalue weighted by molar-refractivity contribution is -0.139. The average Bonchev–Trinajstić information content (AvgIpc) is 2.93. The number of hydrogen-bond acceptors (Lipinski definition) is 5. The van der Waals surface area contributed by atoms with E-state index in [0.717, 1.165) is 26.3 Å². The maximum atomic E-state index is 14.0. The Kier molecular flexibility index (Phi) is 10.5. The van der Waals surface area contributed by atoms with Crippen LogP contribution in [0.25, 0.3) is 0 Å². The number of para-hydroxylation sites is 2. The molecule has 2 amide bonds. The molecular weight excluding hydrogens is 582 g/mol. The van der Waals surface area contributed by atoms with Gasteiger partial charge < -0.3 is 15.0 Å². The molecule has 0 aromatic heterocycles. The molecule has 0 aliphatic heterocycles. The molecule has 0 saturated heterocycles. The van der Waals surface area contributed by atoms with E-state index in [4.69, 9.17) is 4.74 Å². The third-order valence-electron chi connectivity index (χ3n) is 6.20. The molecular formula is C29H34BrN3O5S. The van der Waals surface area contributed by atoms with Gasteiger partial charge in [-0.1, -0.05) is 64.8 Å². The van der Waals surface area contributed by atoms with Crippen LogP contribution in [0.5, 0.6) is 5.75 Å². The molecule has 3 aromatic rings. The molecule has 10 heteroatoms. The maximum Gasteiger partial charge on any atom is 0.264 e. The van der Waals surface area contributed by atoms with Crippen LogP contribution in [0.3, 0.4) is 0 Å². The summed E-state index contributed by atoms with van der Waals surface area (Å²) in [7, 11) is -2.73. The van der Waals surface area contributed by atoms with E-state index in [2.05, 4.69) is 21.2 Å². The highest BCUT2D eigenvalue weighted by Gasteiger charge is 2.33. The Morgan fingerprint density at radius 3 is 2.36 bits per heavy atom. The highest BCUT2D eigenvalue weighted by atomic mass is 79.9. The van der Waals surface area contributed by atoms with Crippen molar-refractivity contribution in [2.45, 2.75) is 44.7 Å². The van der Waals surface area contributed by atoms with Crippen LogP contribution >= 0.6 is 15.9 Å². The van der Waals surface area contributed by atoms with Crippen LogP contribution < -0.4 is 14.4 Å². The zero-order chi connectivity index (χ0) is 28.6. The standard InChI is InChI=1S/C29H34BrN3O5S/c1-5-17-31-29(35)22(3)32(19-23-9-8-10-24(30)18-23)28(34)20-33(26-11-6-7-12-27(26)38-4)39(36,37)25-15-13-21(2)14-16-25/h6-16,18,22H,5,17,19-20H2,1-4H3,(H,31,35)/t22-/m0/s1. The predicted molar refractivity (Wildman–Crippen MR) is 156 cm³/mol. The van der Waals surface area contributed by atoms with Crippen LogP contribution in [-0.2, 0) is 26.2 Å². The van der Waals surface area contributed by atoms with Gasteiger partial charge in [-0.3, -0.25) is 13.9 Å². The molecule has 0 saturated carbocycles. The zero-order valence-corrected chi connectivity index (χ0v) is 25.0. The third-order valence-corrected chi connectivity index (χ3v) is 8.47. The molecule has 3 aromatic carbocycles. The molecule has 1 atom stereocenters. The highest BCUT2D eigenvalue weighted by molar-refractivity contribution is 9.10. The molecule has 39 heavy (non-hydrogen) atoms. The minimum atomic E-state index is -4.17. The van der Waals surface area contributed by atoms with Crippen molar-refractivity contribution in [3.63, 3.8) is 0 Å². The number of sulfonamides is 1. The number of anilines is 1. The molecule has 3 rings (SSSR count). The molecule has 0 aliphatic rings. The summed E-state index contributed by atoms with van der Waals surface area (Å²) in [6.07, 6.45) is 0.744. The van der Waals surface area contributed by atoms with Crippen LogP contribution in [0, 0.1) is 6.92 Å². The van der Waals surface area contributed by atoms with Gasteiger partial charge >= 0.3 is 0 Å². The molecule has 1 N–H and O–H groups in total. The van der Waals surface area contributed by atoms with Crippen LogP contribution in [0.4, 0.5) is 5.69 Å². The van der Waals surface area contributed by atoms with Crippen molar-refractivity contribution in [2.24, 2.45) is 0 Å². The molecule has 0 radical (unpaired) electrons. The van der Waals surface area contributed by atoms with E-state index in [0.29, 0.717) is 12.3 Å². The lowest BCUT2D eigenvalue weighted by atomic mass is 10.1. The van der Waals surface area contributed by atoms with Crippen molar-refractivity contribution in [3.05, 3.63) is 88.4 Å². The smallest absolute Gasteiger partial charge is 0.264 e. The van der Waals surface area contributed by atoms with Gasteiger partial charge in [0.15, 0.2) is 0 Å². The highest BCUT2D eigenvalue weighted by Crippen LogP contribution is 2.32. The number of methoxy groups -OCH3 is 1. The van der Waals surface area contributed by atoms with Gasteiger partial charge in [0, 0.05) is 17.6 Å². The van der Waals surface area contributed by atoms with E-state index in [-0.39, 0.29) is 23.0 Å². The van der Waals surface area contributed by atoms with E-state index >= 15 is 0 Å². The first-order valence-corrected chi connectivity index (χ1v) is 14.9. The first-order chi connectivity index (χ1) is 18.6. The molecule has 0 spiro atoms. The summed E-state index contributed by atoms with van der Waals surface area (Å²) >= 11 is 3.45. The van der Waals surface area contributed by atoms with Crippen molar-refractivity contribution in [1.29, 1.82) is 0 Å². The molecule has 208 valence electrons. The number of carbonyl (C=O) groups is 2. The lowest BCUT2D eigenvalue weighted by Gasteiger charge is -2.32. The summed E-state index contributed by atoms with van der Waals surface area (Å²) in [6, 6.07) is 19.6. The van der Waals surface area contributed by atoms with Gasteiger partial charge in [0.25, 0.3) is 10.0 Å². The summed E-state index contributed by atoms with van der Waals surface area (Å²) in [6.45, 7) is 5.50. The Hall–Kier alpha value is -3.37. The van der Waals surface area contributed by atoms with Gasteiger partial charge in [-0.25, -0.2) is 8.42 Å². The number of aryl methyl sites for hydroxylation is 1. The summed E-state index contributed by atoms with van der Waals surface area (Å²) in [4.78, 5) is 28.3. The van der Waals surface area contributed by atoms with Crippen molar-refractivity contribution in [2.75, 3.05) is 24.5 Å². The summed E-state index contributed by atoms with van der Waals surface area (Å²) in [5, 5.41) is 2.84. The topological polar surface area (TPSA) is 96.0 Å². The van der Waals surface area contributed by atoms with Gasteiger partial charge in [0.1, 0.15) is 18.3 Å². The fourth-order valence-electron chi connectivity index (χ4n) is 4.00. The molecule has 8 nitrogen and oxygen atoms in total. The molecule has 0 aliphatic carbocycles. The van der Waals surface area contributed by atoms with Crippen LogP contribution in [0.2, 0.25) is 0 Å². The fourth-order valence-corrected chi connectivity index (χ4v) is 5.87. The fraction of sp³-hybridized carbons (Fsp3) is 0.310. The molecule has 0 unspecified atom stereocenters. The average molecular weight is 617 g/mol. The van der Waals surface area contributed by atoms with Crippen molar-refractivity contribution >= 4 is 43.5 Å². The number of nitrogens with one attached hydrogen (secondary N) is 1. The van der Waals surface area contributed by atoms with E-state index in [1.165, 1.54) is 24.1 Å². The normalized spacial score (nSPS) is 11.9. The van der Waals surface area contributed by atoms with Crippen molar-refractivity contribution < 1.29 is 22.7 Å². The summed E-state index contributed by atoms with van der Waals surface area (Å²) in [5.74, 6) is -0.547. The largest absolute Gasteiger partial charge is 0.495 e. The number of amides is 2. The van der Waals surface area contributed by atoms with Gasteiger partial charge in [0.2, 0.25) is 11.8 Å². The van der Waals surface area contributed by atoms with Crippen LogP contribution in [0.1, 0.15) is 31.4 Å². The Morgan fingerprint density at radius 1 is 1.03 bits per heavy atom. The summed E-state index contributed by atoms with van der Waals surface area (Å²) < 4.78 is 35.2. The third kappa shape index (κ3) is 7.60.